The fourth-order valence-corrected chi connectivity index (χ4v) is 2.60. The smallest absolute Gasteiger partial charge is 0.0718 e. The van der Waals surface area contributed by atoms with Crippen LogP contribution in [0.15, 0.2) is 39.5 Å². The third-order valence-electron chi connectivity index (χ3n) is 2.56. The monoisotopic (exact) mass is 296 g/mol. The van der Waals surface area contributed by atoms with Gasteiger partial charge in [-0.2, -0.15) is 11.3 Å². The summed E-state index contributed by atoms with van der Waals surface area (Å²) < 4.78 is 1.12. The average molecular weight is 297 g/mol. The minimum atomic E-state index is 0.0676. The summed E-state index contributed by atoms with van der Waals surface area (Å²) in [4.78, 5) is 0. The van der Waals surface area contributed by atoms with Gasteiger partial charge in [-0.05, 0) is 46.5 Å². The Balaban J connectivity index is 2.37. The van der Waals surface area contributed by atoms with Crippen molar-refractivity contribution in [2.24, 2.45) is 5.84 Å². The van der Waals surface area contributed by atoms with Crippen molar-refractivity contribution in [3.05, 3.63) is 56.2 Å². The molecule has 0 aliphatic heterocycles. The molecular formula is C12H13BrN2S. The Bertz CT molecular complexity index is 468. The first-order valence-electron chi connectivity index (χ1n) is 4.96. The number of halogens is 1. The van der Waals surface area contributed by atoms with Crippen molar-refractivity contribution < 1.29 is 0 Å². The molecule has 0 aliphatic carbocycles. The van der Waals surface area contributed by atoms with Gasteiger partial charge in [0.15, 0.2) is 0 Å². The largest absolute Gasteiger partial charge is 0.271 e. The van der Waals surface area contributed by atoms with Crippen LogP contribution >= 0.6 is 27.3 Å². The van der Waals surface area contributed by atoms with E-state index in [-0.39, 0.29) is 6.04 Å². The van der Waals surface area contributed by atoms with Crippen LogP contribution in [0.2, 0.25) is 0 Å². The Morgan fingerprint density at radius 3 is 2.69 bits per heavy atom. The van der Waals surface area contributed by atoms with Gasteiger partial charge in [0.1, 0.15) is 0 Å². The number of hydrazine groups is 1. The highest BCUT2D eigenvalue weighted by Crippen LogP contribution is 2.26. The van der Waals surface area contributed by atoms with Crippen LogP contribution in [0, 0.1) is 6.92 Å². The molecule has 1 aromatic heterocycles. The molecule has 1 atom stereocenters. The Morgan fingerprint density at radius 1 is 1.31 bits per heavy atom. The lowest BCUT2D eigenvalue weighted by atomic mass is 10.0. The molecule has 0 fully saturated rings. The summed E-state index contributed by atoms with van der Waals surface area (Å²) in [6, 6.07) is 8.44. The first kappa shape index (κ1) is 11.8. The lowest BCUT2D eigenvalue weighted by Crippen LogP contribution is -2.28. The quantitative estimate of drug-likeness (QED) is 0.673. The zero-order chi connectivity index (χ0) is 11.5. The predicted molar refractivity (Wildman–Crippen MR) is 72.4 cm³/mol. The van der Waals surface area contributed by atoms with Crippen LogP contribution < -0.4 is 11.3 Å². The lowest BCUT2D eigenvalue weighted by Gasteiger charge is -2.16. The highest BCUT2D eigenvalue weighted by Gasteiger charge is 2.13. The Hall–Kier alpha value is -0.680. The van der Waals surface area contributed by atoms with Crippen LogP contribution in [0.5, 0.6) is 0 Å². The van der Waals surface area contributed by atoms with E-state index in [1.807, 2.05) is 0 Å². The highest BCUT2D eigenvalue weighted by atomic mass is 79.9. The number of nitrogens with one attached hydrogen (secondary N) is 1. The molecule has 2 nitrogen and oxygen atoms in total. The maximum absolute atomic E-state index is 5.63. The summed E-state index contributed by atoms with van der Waals surface area (Å²) in [7, 11) is 0. The second kappa shape index (κ2) is 5.10. The summed E-state index contributed by atoms with van der Waals surface area (Å²) in [6.07, 6.45) is 0. The number of hydrogen-bond acceptors (Lipinski definition) is 3. The molecule has 0 amide bonds. The number of rotatable bonds is 3. The minimum absolute atomic E-state index is 0.0676. The summed E-state index contributed by atoms with van der Waals surface area (Å²) in [5.74, 6) is 5.63. The van der Waals surface area contributed by atoms with Crippen LogP contribution in [0.3, 0.4) is 0 Å². The molecule has 2 rings (SSSR count). The van der Waals surface area contributed by atoms with E-state index >= 15 is 0 Å². The van der Waals surface area contributed by atoms with Gasteiger partial charge < -0.3 is 0 Å². The Morgan fingerprint density at radius 2 is 2.12 bits per heavy atom. The second-order valence-corrected chi connectivity index (χ2v) is 5.30. The maximum atomic E-state index is 5.63. The van der Waals surface area contributed by atoms with Crippen LogP contribution in [-0.4, -0.2) is 0 Å². The average Bonchev–Trinajstić information content (AvgIpc) is 2.78. The van der Waals surface area contributed by atoms with Crippen molar-refractivity contribution in [3.63, 3.8) is 0 Å². The molecule has 16 heavy (non-hydrogen) atoms. The van der Waals surface area contributed by atoms with Crippen LogP contribution in [0.1, 0.15) is 22.7 Å². The van der Waals surface area contributed by atoms with Gasteiger partial charge in [-0.3, -0.25) is 5.84 Å². The van der Waals surface area contributed by atoms with Crippen molar-refractivity contribution in [1.29, 1.82) is 0 Å². The number of benzene rings is 1. The molecule has 1 unspecified atom stereocenters. The number of thiophene rings is 1. The summed E-state index contributed by atoms with van der Waals surface area (Å²) in [5, 5.41) is 4.17. The summed E-state index contributed by atoms with van der Waals surface area (Å²) >= 11 is 5.18. The lowest BCUT2D eigenvalue weighted by molar-refractivity contribution is 0.638. The van der Waals surface area contributed by atoms with Crippen molar-refractivity contribution in [2.75, 3.05) is 0 Å². The molecule has 84 valence electrons. The second-order valence-electron chi connectivity index (χ2n) is 3.66. The van der Waals surface area contributed by atoms with Gasteiger partial charge in [-0.1, -0.05) is 28.1 Å². The molecule has 1 aromatic carbocycles. The molecule has 0 radical (unpaired) electrons. The molecule has 0 bridgehead atoms. The first-order chi connectivity index (χ1) is 7.72. The normalized spacial score (nSPS) is 12.7. The zero-order valence-corrected chi connectivity index (χ0v) is 11.3. The highest BCUT2D eigenvalue weighted by molar-refractivity contribution is 9.10. The summed E-state index contributed by atoms with van der Waals surface area (Å²) in [5.41, 5.74) is 6.46. The molecule has 2 aromatic rings. The summed E-state index contributed by atoms with van der Waals surface area (Å²) in [6.45, 7) is 2.08. The van der Waals surface area contributed by atoms with Crippen LogP contribution in [0.4, 0.5) is 0 Å². The van der Waals surface area contributed by atoms with Crippen molar-refractivity contribution in [2.45, 2.75) is 13.0 Å². The van der Waals surface area contributed by atoms with E-state index in [9.17, 15) is 0 Å². The first-order valence-corrected chi connectivity index (χ1v) is 6.70. The molecule has 0 aliphatic rings. The number of hydrogen-bond donors (Lipinski definition) is 2. The third-order valence-corrected chi connectivity index (χ3v) is 4.15. The van der Waals surface area contributed by atoms with E-state index < -0.39 is 0 Å². The van der Waals surface area contributed by atoms with E-state index in [1.54, 1.807) is 11.3 Å². The Kier molecular flexibility index (Phi) is 3.76. The molecule has 0 spiro atoms. The van der Waals surface area contributed by atoms with Gasteiger partial charge in [-0.15, -0.1) is 0 Å². The van der Waals surface area contributed by atoms with Gasteiger partial charge in [0, 0.05) is 4.47 Å². The van der Waals surface area contributed by atoms with Gasteiger partial charge in [0.25, 0.3) is 0 Å². The predicted octanol–water partition coefficient (Wildman–Crippen LogP) is 3.37. The van der Waals surface area contributed by atoms with E-state index in [4.69, 9.17) is 5.84 Å². The molecule has 3 N–H and O–H groups in total. The van der Waals surface area contributed by atoms with Crippen LogP contribution in [0.25, 0.3) is 0 Å². The third kappa shape index (κ3) is 2.35. The van der Waals surface area contributed by atoms with Gasteiger partial charge in [0.05, 0.1) is 6.04 Å². The zero-order valence-electron chi connectivity index (χ0n) is 8.91. The van der Waals surface area contributed by atoms with E-state index in [2.05, 4.69) is 63.3 Å². The number of nitrogens with two attached hydrogens (primary N) is 1. The van der Waals surface area contributed by atoms with E-state index in [0.717, 1.165) is 4.47 Å². The van der Waals surface area contributed by atoms with Gasteiger partial charge in [-0.25, -0.2) is 5.43 Å². The van der Waals surface area contributed by atoms with Crippen molar-refractivity contribution in [1.82, 2.24) is 5.43 Å². The van der Waals surface area contributed by atoms with Crippen molar-refractivity contribution in [3.8, 4) is 0 Å². The molecule has 0 saturated carbocycles. The fourth-order valence-electron chi connectivity index (χ4n) is 1.67. The molecule has 0 saturated heterocycles. The maximum Gasteiger partial charge on any atom is 0.0718 e. The van der Waals surface area contributed by atoms with E-state index in [1.165, 1.54) is 16.7 Å². The topological polar surface area (TPSA) is 38.0 Å². The van der Waals surface area contributed by atoms with E-state index in [0.29, 0.717) is 0 Å². The standard InChI is InChI=1S/C12H13BrN2S/c1-8-6-9(2-3-11(8)13)12(15-14)10-4-5-16-7-10/h2-7,12,15H,14H2,1H3. The Labute approximate surface area is 108 Å². The molecule has 1 heterocycles. The minimum Gasteiger partial charge on any atom is -0.271 e. The number of aryl methyl sites for hydroxylation is 1. The van der Waals surface area contributed by atoms with Gasteiger partial charge in [0.2, 0.25) is 0 Å². The van der Waals surface area contributed by atoms with Crippen molar-refractivity contribution >= 4 is 27.3 Å². The molecule has 4 heteroatoms. The fraction of sp³-hybridized carbons (Fsp3) is 0.167. The van der Waals surface area contributed by atoms with Crippen LogP contribution in [-0.2, 0) is 0 Å². The molecular weight excluding hydrogens is 284 g/mol. The SMILES string of the molecule is Cc1cc(C(NN)c2ccsc2)ccc1Br. The van der Waals surface area contributed by atoms with Gasteiger partial charge >= 0.3 is 0 Å².